The van der Waals surface area contributed by atoms with Gasteiger partial charge in [-0.05, 0) is 68.1 Å². The second-order valence-electron chi connectivity index (χ2n) is 6.21. The molecule has 0 spiro atoms. The van der Waals surface area contributed by atoms with Crippen molar-refractivity contribution in [3.8, 4) is 0 Å². The van der Waals surface area contributed by atoms with Gasteiger partial charge >= 0.3 is 0 Å². The molecule has 1 aliphatic carbocycles. The fourth-order valence-corrected chi connectivity index (χ4v) is 4.58. The number of nitrogens with zero attached hydrogens (tertiary/aromatic N) is 2. The molecule has 0 bridgehead atoms. The molecule has 2 aromatic rings. The molecule has 112 valence electrons. The van der Waals surface area contributed by atoms with Crippen molar-refractivity contribution in [1.29, 1.82) is 0 Å². The van der Waals surface area contributed by atoms with Crippen molar-refractivity contribution in [3.05, 3.63) is 33.6 Å². The lowest BCUT2D eigenvalue weighted by Crippen LogP contribution is -2.31. The zero-order valence-electron chi connectivity index (χ0n) is 12.2. The van der Waals surface area contributed by atoms with E-state index in [9.17, 15) is 0 Å². The van der Waals surface area contributed by atoms with E-state index in [-0.39, 0.29) is 0 Å². The van der Waals surface area contributed by atoms with Crippen LogP contribution < -0.4 is 5.32 Å². The SMILES string of the molecule is c1cc2c(s1)CCCC2c1nc(CC2CCCNC2)no1. The maximum atomic E-state index is 5.60. The van der Waals surface area contributed by atoms with Gasteiger partial charge in [0, 0.05) is 11.3 Å². The average molecular weight is 303 g/mol. The van der Waals surface area contributed by atoms with Crippen LogP contribution in [-0.2, 0) is 12.8 Å². The van der Waals surface area contributed by atoms with E-state index >= 15 is 0 Å². The Hall–Kier alpha value is -1.20. The van der Waals surface area contributed by atoms with Gasteiger partial charge in [-0.3, -0.25) is 0 Å². The quantitative estimate of drug-likeness (QED) is 0.946. The van der Waals surface area contributed by atoms with Gasteiger partial charge in [-0.25, -0.2) is 0 Å². The molecule has 0 radical (unpaired) electrons. The standard InChI is InChI=1S/C16H21N3OS/c1-4-13(12-6-8-21-14(12)5-1)16-18-15(19-20-16)9-11-3-2-7-17-10-11/h6,8,11,13,17H,1-5,7,9-10H2. The van der Waals surface area contributed by atoms with E-state index in [2.05, 4.69) is 21.9 Å². The third-order valence-electron chi connectivity index (χ3n) is 4.70. The summed E-state index contributed by atoms with van der Waals surface area (Å²) < 4.78 is 5.60. The Bertz CT molecular complexity index is 600. The average Bonchev–Trinajstić information content (AvgIpc) is 3.16. The van der Waals surface area contributed by atoms with Crippen LogP contribution in [0.4, 0.5) is 0 Å². The third-order valence-corrected chi connectivity index (χ3v) is 5.70. The number of rotatable bonds is 3. The summed E-state index contributed by atoms with van der Waals surface area (Å²) >= 11 is 1.86. The molecule has 1 fully saturated rings. The fourth-order valence-electron chi connectivity index (χ4n) is 3.59. The van der Waals surface area contributed by atoms with Crippen LogP contribution in [0, 0.1) is 5.92 Å². The van der Waals surface area contributed by atoms with Crippen molar-refractivity contribution in [2.24, 2.45) is 5.92 Å². The lowest BCUT2D eigenvalue weighted by atomic mass is 9.88. The normalized spacial score (nSPS) is 25.7. The molecule has 3 heterocycles. The van der Waals surface area contributed by atoms with E-state index in [1.165, 1.54) is 36.1 Å². The number of thiophene rings is 1. The van der Waals surface area contributed by atoms with E-state index in [1.807, 2.05) is 11.3 Å². The molecule has 2 unspecified atom stereocenters. The van der Waals surface area contributed by atoms with E-state index in [0.29, 0.717) is 11.8 Å². The summed E-state index contributed by atoms with van der Waals surface area (Å²) in [7, 11) is 0. The summed E-state index contributed by atoms with van der Waals surface area (Å²) in [5, 5.41) is 9.87. The van der Waals surface area contributed by atoms with Crippen LogP contribution >= 0.6 is 11.3 Å². The first-order valence-electron chi connectivity index (χ1n) is 7.99. The minimum Gasteiger partial charge on any atom is -0.339 e. The van der Waals surface area contributed by atoms with Gasteiger partial charge < -0.3 is 9.84 Å². The predicted octanol–water partition coefficient (Wildman–Crippen LogP) is 3.14. The molecule has 0 aromatic carbocycles. The molecule has 2 aromatic heterocycles. The van der Waals surface area contributed by atoms with E-state index in [0.717, 1.165) is 37.6 Å². The molecule has 2 atom stereocenters. The number of nitrogens with one attached hydrogen (secondary N) is 1. The number of aryl methyl sites for hydroxylation is 1. The number of piperidine rings is 1. The second kappa shape index (κ2) is 5.89. The zero-order valence-corrected chi connectivity index (χ0v) is 13.0. The van der Waals surface area contributed by atoms with Gasteiger partial charge in [0.1, 0.15) is 0 Å². The maximum absolute atomic E-state index is 5.60. The van der Waals surface area contributed by atoms with Gasteiger partial charge in [0.05, 0.1) is 5.92 Å². The predicted molar refractivity (Wildman–Crippen MR) is 82.7 cm³/mol. The van der Waals surface area contributed by atoms with Gasteiger partial charge in [-0.2, -0.15) is 4.98 Å². The van der Waals surface area contributed by atoms with Gasteiger partial charge in [0.2, 0.25) is 5.89 Å². The first-order valence-corrected chi connectivity index (χ1v) is 8.87. The highest BCUT2D eigenvalue weighted by Crippen LogP contribution is 2.38. The molecule has 4 rings (SSSR count). The minimum atomic E-state index is 0.325. The Balaban J connectivity index is 1.50. The Morgan fingerprint density at radius 3 is 3.24 bits per heavy atom. The molecular weight excluding hydrogens is 282 g/mol. The summed E-state index contributed by atoms with van der Waals surface area (Å²) in [5.74, 6) is 2.70. The van der Waals surface area contributed by atoms with Crippen LogP contribution in [0.2, 0.25) is 0 Å². The molecule has 21 heavy (non-hydrogen) atoms. The molecular formula is C16H21N3OS. The number of aromatic nitrogens is 2. The largest absolute Gasteiger partial charge is 0.339 e. The Labute approximate surface area is 129 Å². The van der Waals surface area contributed by atoms with Crippen molar-refractivity contribution in [1.82, 2.24) is 15.5 Å². The second-order valence-corrected chi connectivity index (χ2v) is 7.21. The van der Waals surface area contributed by atoms with Crippen LogP contribution in [0.15, 0.2) is 16.0 Å². The molecule has 1 aliphatic heterocycles. The Morgan fingerprint density at radius 1 is 1.33 bits per heavy atom. The number of hydrogen-bond acceptors (Lipinski definition) is 5. The van der Waals surface area contributed by atoms with Crippen molar-refractivity contribution in [2.45, 2.75) is 44.4 Å². The molecule has 2 aliphatic rings. The fraction of sp³-hybridized carbons (Fsp3) is 0.625. The summed E-state index contributed by atoms with van der Waals surface area (Å²) in [5.41, 5.74) is 1.42. The Kier molecular flexibility index (Phi) is 3.78. The van der Waals surface area contributed by atoms with E-state index in [4.69, 9.17) is 9.51 Å². The van der Waals surface area contributed by atoms with Crippen molar-refractivity contribution in [3.63, 3.8) is 0 Å². The lowest BCUT2D eigenvalue weighted by molar-refractivity contribution is 0.339. The minimum absolute atomic E-state index is 0.325. The van der Waals surface area contributed by atoms with Crippen molar-refractivity contribution < 1.29 is 4.52 Å². The van der Waals surface area contributed by atoms with E-state index in [1.54, 1.807) is 0 Å². The molecule has 0 amide bonds. The number of fused-ring (bicyclic) bond motifs is 1. The van der Waals surface area contributed by atoms with Gasteiger partial charge in [0.15, 0.2) is 5.82 Å². The van der Waals surface area contributed by atoms with Crippen LogP contribution in [-0.4, -0.2) is 23.2 Å². The molecule has 0 saturated carbocycles. The van der Waals surface area contributed by atoms with Crippen LogP contribution in [0.5, 0.6) is 0 Å². The maximum Gasteiger partial charge on any atom is 0.234 e. The third kappa shape index (κ3) is 2.77. The molecule has 1 N–H and O–H groups in total. The van der Waals surface area contributed by atoms with Crippen LogP contribution in [0.1, 0.15) is 53.8 Å². The molecule has 1 saturated heterocycles. The Morgan fingerprint density at radius 2 is 2.33 bits per heavy atom. The summed E-state index contributed by atoms with van der Waals surface area (Å²) in [6.07, 6.45) is 7.04. The first kappa shape index (κ1) is 13.5. The van der Waals surface area contributed by atoms with Crippen LogP contribution in [0.25, 0.3) is 0 Å². The van der Waals surface area contributed by atoms with Gasteiger partial charge in [-0.1, -0.05) is 5.16 Å². The van der Waals surface area contributed by atoms with Gasteiger partial charge in [-0.15, -0.1) is 11.3 Å². The zero-order chi connectivity index (χ0) is 14.1. The van der Waals surface area contributed by atoms with Crippen molar-refractivity contribution in [2.75, 3.05) is 13.1 Å². The highest BCUT2D eigenvalue weighted by atomic mass is 32.1. The van der Waals surface area contributed by atoms with Crippen molar-refractivity contribution >= 4 is 11.3 Å². The summed E-state index contributed by atoms with van der Waals surface area (Å²) in [6.45, 7) is 2.24. The molecule has 5 heteroatoms. The summed E-state index contributed by atoms with van der Waals surface area (Å²) in [6, 6.07) is 2.23. The lowest BCUT2D eigenvalue weighted by Gasteiger charge is -2.21. The van der Waals surface area contributed by atoms with E-state index < -0.39 is 0 Å². The highest BCUT2D eigenvalue weighted by Gasteiger charge is 2.28. The topological polar surface area (TPSA) is 51.0 Å². The van der Waals surface area contributed by atoms with Gasteiger partial charge in [0.25, 0.3) is 0 Å². The first-order chi connectivity index (χ1) is 10.4. The highest BCUT2D eigenvalue weighted by molar-refractivity contribution is 7.10. The monoisotopic (exact) mass is 303 g/mol. The molecule has 4 nitrogen and oxygen atoms in total. The smallest absolute Gasteiger partial charge is 0.234 e. The summed E-state index contributed by atoms with van der Waals surface area (Å²) in [4.78, 5) is 6.21. The van der Waals surface area contributed by atoms with Crippen LogP contribution in [0.3, 0.4) is 0 Å². The number of hydrogen-bond donors (Lipinski definition) is 1.